The van der Waals surface area contributed by atoms with Gasteiger partial charge in [0.2, 0.25) is 0 Å². The number of carbonyl (C=O) groups excluding carboxylic acids is 1. The Kier molecular flexibility index (Phi) is 7.25. The maximum atomic E-state index is 11.3. The summed E-state index contributed by atoms with van der Waals surface area (Å²) in [6.07, 6.45) is 1.96. The van der Waals surface area contributed by atoms with Gasteiger partial charge in [-0.25, -0.2) is 4.79 Å². The minimum absolute atomic E-state index is 0.398. The van der Waals surface area contributed by atoms with E-state index in [9.17, 15) is 4.79 Å². The minimum atomic E-state index is -0.398. The maximum absolute atomic E-state index is 11.3. The molecule has 1 rings (SSSR count). The molecule has 0 aromatic carbocycles. The lowest BCUT2D eigenvalue weighted by Crippen LogP contribution is -2.28. The summed E-state index contributed by atoms with van der Waals surface area (Å²) in [4.78, 5) is 17.6. The first-order valence-electron chi connectivity index (χ1n) is 6.32. The molecule has 0 aliphatic heterocycles. The zero-order valence-electron chi connectivity index (χ0n) is 11.8. The number of hydrogen-bond acceptors (Lipinski definition) is 6. The highest BCUT2D eigenvalue weighted by Gasteiger charge is 2.09. The van der Waals surface area contributed by atoms with E-state index in [-0.39, 0.29) is 0 Å². The molecule has 1 heterocycles. The van der Waals surface area contributed by atoms with E-state index in [1.54, 1.807) is 19.2 Å². The molecule has 1 aromatic rings. The van der Waals surface area contributed by atoms with Gasteiger partial charge in [-0.15, -0.1) is 0 Å². The predicted molar refractivity (Wildman–Crippen MR) is 73.0 cm³/mol. The zero-order valence-corrected chi connectivity index (χ0v) is 11.8. The van der Waals surface area contributed by atoms with Crippen LogP contribution in [0.25, 0.3) is 0 Å². The highest BCUT2D eigenvalue weighted by atomic mass is 16.5. The number of esters is 1. The van der Waals surface area contributed by atoms with Crippen molar-refractivity contribution in [2.75, 3.05) is 33.9 Å². The van der Waals surface area contributed by atoms with Crippen molar-refractivity contribution in [3.63, 3.8) is 0 Å². The molecule has 0 saturated heterocycles. The van der Waals surface area contributed by atoms with Gasteiger partial charge in [0.05, 0.1) is 31.0 Å². The number of nitrogens with zero attached hydrogens (tertiary/aromatic N) is 3. The fourth-order valence-corrected chi connectivity index (χ4v) is 1.68. The summed E-state index contributed by atoms with van der Waals surface area (Å²) in [6.45, 7) is 2.62. The van der Waals surface area contributed by atoms with Crippen molar-refractivity contribution < 1.29 is 14.3 Å². The van der Waals surface area contributed by atoms with Crippen LogP contribution in [0.3, 0.4) is 0 Å². The Morgan fingerprint density at radius 1 is 1.40 bits per heavy atom. The van der Waals surface area contributed by atoms with Crippen LogP contribution in [0.15, 0.2) is 18.3 Å². The Balaban J connectivity index is 2.63. The fourth-order valence-electron chi connectivity index (χ4n) is 1.68. The molecule has 1 aromatic heterocycles. The third-order valence-corrected chi connectivity index (χ3v) is 2.78. The standard InChI is InChI=1S/C14H19N3O3/c1-19-9-8-17(7-3-6-15)11-13-5-4-12(10-16-13)14(18)20-2/h4-5,10H,3,7-9,11H2,1-2H3. The van der Waals surface area contributed by atoms with Crippen LogP contribution in [0.2, 0.25) is 0 Å². The number of aromatic nitrogens is 1. The van der Waals surface area contributed by atoms with E-state index in [0.29, 0.717) is 31.7 Å². The van der Waals surface area contributed by atoms with Crippen LogP contribution in [-0.4, -0.2) is 49.8 Å². The van der Waals surface area contributed by atoms with Crippen LogP contribution in [0.1, 0.15) is 22.5 Å². The lowest BCUT2D eigenvalue weighted by molar-refractivity contribution is 0.0600. The molecule has 0 saturated carbocycles. The van der Waals surface area contributed by atoms with Crippen molar-refractivity contribution in [3.05, 3.63) is 29.6 Å². The number of carbonyl (C=O) groups is 1. The summed E-state index contributed by atoms with van der Waals surface area (Å²) in [7, 11) is 2.98. The van der Waals surface area contributed by atoms with Gasteiger partial charge in [-0.1, -0.05) is 0 Å². The summed E-state index contributed by atoms with van der Waals surface area (Å²) in [5.74, 6) is -0.398. The van der Waals surface area contributed by atoms with E-state index in [4.69, 9.17) is 10.00 Å². The van der Waals surface area contributed by atoms with E-state index in [0.717, 1.165) is 12.2 Å². The summed E-state index contributed by atoms with van der Waals surface area (Å²) < 4.78 is 9.67. The molecular weight excluding hydrogens is 258 g/mol. The van der Waals surface area contributed by atoms with Gasteiger partial charge in [0, 0.05) is 39.4 Å². The smallest absolute Gasteiger partial charge is 0.339 e. The van der Waals surface area contributed by atoms with E-state index in [1.165, 1.54) is 13.3 Å². The first-order chi connectivity index (χ1) is 9.71. The molecule has 0 aliphatic carbocycles. The molecule has 0 fully saturated rings. The molecule has 108 valence electrons. The second-order valence-corrected chi connectivity index (χ2v) is 4.21. The van der Waals surface area contributed by atoms with Gasteiger partial charge in [-0.2, -0.15) is 5.26 Å². The van der Waals surface area contributed by atoms with Crippen molar-refractivity contribution in [3.8, 4) is 6.07 Å². The lowest BCUT2D eigenvalue weighted by atomic mass is 10.2. The second-order valence-electron chi connectivity index (χ2n) is 4.21. The number of ether oxygens (including phenoxy) is 2. The van der Waals surface area contributed by atoms with E-state index in [2.05, 4.69) is 20.7 Å². The summed E-state index contributed by atoms with van der Waals surface area (Å²) in [5.41, 5.74) is 1.27. The van der Waals surface area contributed by atoms with Crippen LogP contribution >= 0.6 is 0 Å². The van der Waals surface area contributed by atoms with Crippen molar-refractivity contribution in [1.29, 1.82) is 5.26 Å². The minimum Gasteiger partial charge on any atom is -0.465 e. The molecule has 0 radical (unpaired) electrons. The molecule has 0 N–H and O–H groups in total. The van der Waals surface area contributed by atoms with Gasteiger partial charge in [-0.05, 0) is 12.1 Å². The van der Waals surface area contributed by atoms with Crippen LogP contribution in [0.5, 0.6) is 0 Å². The van der Waals surface area contributed by atoms with Crippen molar-refractivity contribution in [2.24, 2.45) is 0 Å². The van der Waals surface area contributed by atoms with Crippen molar-refractivity contribution in [1.82, 2.24) is 9.88 Å². The Labute approximate surface area is 118 Å². The lowest BCUT2D eigenvalue weighted by Gasteiger charge is -2.20. The number of methoxy groups -OCH3 is 2. The largest absolute Gasteiger partial charge is 0.465 e. The number of nitriles is 1. The van der Waals surface area contributed by atoms with Gasteiger partial charge >= 0.3 is 5.97 Å². The van der Waals surface area contributed by atoms with Gasteiger partial charge in [0.15, 0.2) is 0 Å². The number of hydrogen-bond donors (Lipinski definition) is 0. The van der Waals surface area contributed by atoms with Crippen LogP contribution in [-0.2, 0) is 16.0 Å². The Bertz CT molecular complexity index is 454. The molecule has 0 amide bonds. The zero-order chi connectivity index (χ0) is 14.8. The highest BCUT2D eigenvalue weighted by Crippen LogP contribution is 2.06. The summed E-state index contributed by atoms with van der Waals surface area (Å²) in [5, 5.41) is 8.66. The Morgan fingerprint density at radius 3 is 2.75 bits per heavy atom. The number of pyridine rings is 1. The van der Waals surface area contributed by atoms with Gasteiger partial charge in [0.25, 0.3) is 0 Å². The first kappa shape index (κ1) is 16.1. The molecular formula is C14H19N3O3. The highest BCUT2D eigenvalue weighted by molar-refractivity contribution is 5.88. The average molecular weight is 277 g/mol. The van der Waals surface area contributed by atoms with E-state index in [1.807, 2.05) is 0 Å². The third kappa shape index (κ3) is 5.34. The molecule has 0 aliphatic rings. The Hall–Kier alpha value is -1.97. The molecule has 0 spiro atoms. The molecule has 20 heavy (non-hydrogen) atoms. The first-order valence-corrected chi connectivity index (χ1v) is 6.32. The maximum Gasteiger partial charge on any atom is 0.339 e. The van der Waals surface area contributed by atoms with Crippen LogP contribution in [0, 0.1) is 11.3 Å². The predicted octanol–water partition coefficient (Wildman–Crippen LogP) is 1.23. The van der Waals surface area contributed by atoms with Gasteiger partial charge in [0.1, 0.15) is 0 Å². The van der Waals surface area contributed by atoms with Crippen molar-refractivity contribution in [2.45, 2.75) is 13.0 Å². The second kappa shape index (κ2) is 9.02. The molecule has 6 heteroatoms. The fraction of sp³-hybridized carbons (Fsp3) is 0.500. The SMILES string of the molecule is COCCN(CCC#N)Cc1ccc(C(=O)OC)cn1. The van der Waals surface area contributed by atoms with Crippen LogP contribution in [0.4, 0.5) is 0 Å². The normalized spacial score (nSPS) is 10.3. The number of rotatable bonds is 8. The average Bonchev–Trinajstić information content (AvgIpc) is 2.49. The molecule has 6 nitrogen and oxygen atoms in total. The van der Waals surface area contributed by atoms with Crippen LogP contribution < -0.4 is 0 Å². The summed E-state index contributed by atoms with van der Waals surface area (Å²) >= 11 is 0. The molecule has 0 bridgehead atoms. The van der Waals surface area contributed by atoms with Gasteiger partial charge in [-0.3, -0.25) is 9.88 Å². The van der Waals surface area contributed by atoms with E-state index < -0.39 is 5.97 Å². The van der Waals surface area contributed by atoms with E-state index >= 15 is 0 Å². The molecule has 0 unspecified atom stereocenters. The monoisotopic (exact) mass is 277 g/mol. The third-order valence-electron chi connectivity index (χ3n) is 2.78. The van der Waals surface area contributed by atoms with Crippen molar-refractivity contribution >= 4 is 5.97 Å². The topological polar surface area (TPSA) is 75.5 Å². The summed E-state index contributed by atoms with van der Waals surface area (Å²) in [6, 6.07) is 5.61. The Morgan fingerprint density at radius 2 is 2.20 bits per heavy atom. The quantitative estimate of drug-likeness (QED) is 0.665. The molecule has 0 atom stereocenters. The van der Waals surface area contributed by atoms with Gasteiger partial charge < -0.3 is 9.47 Å².